The Morgan fingerprint density at radius 1 is 1.23 bits per heavy atom. The summed E-state index contributed by atoms with van der Waals surface area (Å²) < 4.78 is 4.74. The van der Waals surface area contributed by atoms with Gasteiger partial charge in [0.05, 0.1) is 19.7 Å². The van der Waals surface area contributed by atoms with E-state index in [-0.39, 0.29) is 29.3 Å². The average molecular weight is 358 g/mol. The zero-order valence-corrected chi connectivity index (χ0v) is 15.9. The van der Waals surface area contributed by atoms with Gasteiger partial charge in [-0.3, -0.25) is 4.79 Å². The van der Waals surface area contributed by atoms with Gasteiger partial charge in [-0.15, -0.1) is 0 Å². The molecule has 2 aromatic carbocycles. The molecule has 1 amide bonds. The summed E-state index contributed by atoms with van der Waals surface area (Å²) in [6.45, 7) is 6.32. The number of hydrogen-bond donors (Lipinski definition) is 2. The van der Waals surface area contributed by atoms with Gasteiger partial charge in [0.1, 0.15) is 6.54 Å². The zero-order valence-electron chi connectivity index (χ0n) is 15.9. The van der Waals surface area contributed by atoms with Crippen LogP contribution in [0, 0.1) is 0 Å². The quantitative estimate of drug-likeness (QED) is 0.768. The van der Waals surface area contributed by atoms with Gasteiger partial charge in [-0.05, 0) is 37.6 Å². The predicted octanol–water partition coefficient (Wildman–Crippen LogP) is 0.629. The van der Waals surface area contributed by atoms with Crippen molar-refractivity contribution >= 4 is 22.6 Å². The van der Waals surface area contributed by atoms with Gasteiger partial charge in [0.15, 0.2) is 6.54 Å². The van der Waals surface area contributed by atoms with Crippen LogP contribution in [0.2, 0.25) is 0 Å². The van der Waals surface area contributed by atoms with E-state index in [0.29, 0.717) is 12.1 Å². The molecule has 140 valence electrons. The first-order valence-corrected chi connectivity index (χ1v) is 8.54. The summed E-state index contributed by atoms with van der Waals surface area (Å²) >= 11 is 0. The van der Waals surface area contributed by atoms with Crippen molar-refractivity contribution in [3.63, 3.8) is 0 Å². The van der Waals surface area contributed by atoms with Gasteiger partial charge < -0.3 is 20.1 Å². The monoisotopic (exact) mass is 358 g/mol. The van der Waals surface area contributed by atoms with Crippen LogP contribution in [0.15, 0.2) is 30.3 Å². The van der Waals surface area contributed by atoms with E-state index >= 15 is 0 Å². The molecule has 2 aromatic rings. The number of carbonyl (C=O) groups is 2. The van der Waals surface area contributed by atoms with Gasteiger partial charge in [-0.2, -0.15) is 0 Å². The van der Waals surface area contributed by atoms with E-state index in [1.165, 1.54) is 7.11 Å². The van der Waals surface area contributed by atoms with E-state index in [1.54, 1.807) is 6.07 Å². The summed E-state index contributed by atoms with van der Waals surface area (Å²) in [6, 6.07) is 8.98. The highest BCUT2D eigenvalue weighted by molar-refractivity contribution is 6.00. The molecular formula is C20H26N2O4. The van der Waals surface area contributed by atoms with Crippen LogP contribution >= 0.6 is 0 Å². The lowest BCUT2D eigenvalue weighted by Gasteiger charge is -2.24. The molecule has 0 radical (unpaired) electrons. The molecule has 0 aliphatic rings. The molecule has 0 spiro atoms. The Morgan fingerprint density at radius 3 is 2.50 bits per heavy atom. The second-order valence-corrected chi connectivity index (χ2v) is 7.55. The number of benzene rings is 2. The topological polar surface area (TPSA) is 82.9 Å². The van der Waals surface area contributed by atoms with Crippen molar-refractivity contribution in [3.05, 3.63) is 41.5 Å². The maximum absolute atomic E-state index is 12.8. The van der Waals surface area contributed by atoms with Gasteiger partial charge >= 0.3 is 5.97 Å². The number of carbonyl (C=O) groups excluding carboxylic acids is 2. The zero-order chi connectivity index (χ0) is 19.5. The molecular weight excluding hydrogens is 332 g/mol. The van der Waals surface area contributed by atoms with E-state index in [1.807, 2.05) is 52.1 Å². The molecule has 0 aliphatic carbocycles. The van der Waals surface area contributed by atoms with E-state index in [9.17, 15) is 14.7 Å². The minimum absolute atomic E-state index is 0.0214. The number of hydrogen-bond acceptors (Lipinski definition) is 4. The van der Waals surface area contributed by atoms with Crippen molar-refractivity contribution in [1.82, 2.24) is 5.32 Å². The summed E-state index contributed by atoms with van der Waals surface area (Å²) in [4.78, 5) is 25.0. The Morgan fingerprint density at radius 2 is 1.88 bits per heavy atom. The lowest BCUT2D eigenvalue weighted by Crippen LogP contribution is -3.09. The van der Waals surface area contributed by atoms with Crippen LogP contribution in [-0.2, 0) is 16.1 Å². The Bertz CT molecular complexity index is 824. The van der Waals surface area contributed by atoms with Crippen molar-refractivity contribution < 1.29 is 24.3 Å². The Hall–Kier alpha value is -2.60. The first kappa shape index (κ1) is 19.7. The van der Waals surface area contributed by atoms with Gasteiger partial charge in [0.25, 0.3) is 5.91 Å². The highest BCUT2D eigenvalue weighted by atomic mass is 16.5. The first-order valence-electron chi connectivity index (χ1n) is 8.54. The lowest BCUT2D eigenvalue weighted by atomic mass is 9.98. The van der Waals surface area contributed by atoms with E-state index in [4.69, 9.17) is 4.74 Å². The molecule has 0 aliphatic heterocycles. The molecule has 0 saturated carbocycles. The fraction of sp³-hybridized carbons (Fsp3) is 0.400. The number of fused-ring (bicyclic) bond motifs is 1. The van der Waals surface area contributed by atoms with Crippen molar-refractivity contribution in [2.75, 3.05) is 20.7 Å². The highest BCUT2D eigenvalue weighted by Crippen LogP contribution is 2.29. The maximum Gasteiger partial charge on any atom is 0.337 e. The third-order valence-electron chi connectivity index (χ3n) is 3.97. The number of esters is 1. The summed E-state index contributed by atoms with van der Waals surface area (Å²) in [5.41, 5.74) is 0.233. The average Bonchev–Trinajstić information content (AvgIpc) is 2.54. The van der Waals surface area contributed by atoms with Crippen LogP contribution in [0.25, 0.3) is 10.8 Å². The fourth-order valence-corrected chi connectivity index (χ4v) is 2.94. The first-order chi connectivity index (χ1) is 12.1. The van der Waals surface area contributed by atoms with Gasteiger partial charge in [0.2, 0.25) is 0 Å². The Labute approximate surface area is 153 Å². The SMILES string of the molecule is COC(=O)c1cc2ccccc2c(C[NH+](C)CC(=O)NC(C)(C)C)c1[O-]. The lowest BCUT2D eigenvalue weighted by molar-refractivity contribution is -0.885. The van der Waals surface area contributed by atoms with Gasteiger partial charge in [-0.1, -0.05) is 30.0 Å². The summed E-state index contributed by atoms with van der Waals surface area (Å²) in [7, 11) is 3.10. The molecule has 0 aromatic heterocycles. The fourth-order valence-electron chi connectivity index (χ4n) is 2.94. The molecule has 0 saturated heterocycles. The molecule has 6 nitrogen and oxygen atoms in total. The smallest absolute Gasteiger partial charge is 0.337 e. The number of nitrogens with one attached hydrogen (secondary N) is 2. The molecule has 0 heterocycles. The number of methoxy groups -OCH3 is 1. The van der Waals surface area contributed by atoms with Crippen LogP contribution in [0.3, 0.4) is 0 Å². The molecule has 2 N–H and O–H groups in total. The normalized spacial score (nSPS) is 12.7. The minimum Gasteiger partial charge on any atom is -0.872 e. The van der Waals surface area contributed by atoms with Gasteiger partial charge in [-0.25, -0.2) is 4.79 Å². The molecule has 26 heavy (non-hydrogen) atoms. The minimum atomic E-state index is -0.648. The molecule has 6 heteroatoms. The van der Waals surface area contributed by atoms with Crippen LogP contribution in [0.4, 0.5) is 0 Å². The Kier molecular flexibility index (Phi) is 5.87. The van der Waals surface area contributed by atoms with Crippen molar-refractivity contribution in [1.29, 1.82) is 0 Å². The maximum atomic E-state index is 12.8. The van der Waals surface area contributed by atoms with Crippen LogP contribution in [0.1, 0.15) is 36.7 Å². The third kappa shape index (κ3) is 4.73. The van der Waals surface area contributed by atoms with Gasteiger partial charge in [0, 0.05) is 11.1 Å². The van der Waals surface area contributed by atoms with Crippen molar-refractivity contribution in [2.24, 2.45) is 0 Å². The number of likely N-dealkylation sites (N-methyl/N-ethyl adjacent to an activating group) is 1. The van der Waals surface area contributed by atoms with Crippen molar-refractivity contribution in [2.45, 2.75) is 32.9 Å². The third-order valence-corrected chi connectivity index (χ3v) is 3.97. The summed E-state index contributed by atoms with van der Waals surface area (Å²) in [6.07, 6.45) is 0. The highest BCUT2D eigenvalue weighted by Gasteiger charge is 2.19. The molecule has 2 rings (SSSR count). The number of quaternary nitrogens is 1. The molecule has 1 unspecified atom stereocenters. The molecule has 1 atom stereocenters. The Balaban J connectivity index is 2.34. The van der Waals surface area contributed by atoms with Crippen LogP contribution < -0.4 is 15.3 Å². The number of amides is 1. The number of ether oxygens (including phenoxy) is 1. The molecule has 0 bridgehead atoms. The van der Waals surface area contributed by atoms with E-state index in [2.05, 4.69) is 5.32 Å². The van der Waals surface area contributed by atoms with Crippen molar-refractivity contribution in [3.8, 4) is 5.75 Å². The molecule has 0 fully saturated rings. The second kappa shape index (κ2) is 7.74. The summed E-state index contributed by atoms with van der Waals surface area (Å²) in [5, 5.41) is 17.3. The van der Waals surface area contributed by atoms with Crippen LogP contribution in [0.5, 0.6) is 5.75 Å². The largest absolute Gasteiger partial charge is 0.872 e. The number of rotatable bonds is 5. The standard InChI is InChI=1S/C20H26N2O4/c1-20(2,3)21-17(23)12-22(4)11-16-14-9-7-6-8-13(14)10-15(18(16)24)19(25)26-5/h6-10,24H,11-12H2,1-5H3,(H,21,23). The second-order valence-electron chi connectivity index (χ2n) is 7.55. The van der Waals surface area contributed by atoms with E-state index in [0.717, 1.165) is 15.7 Å². The predicted molar refractivity (Wildman–Crippen MR) is 98.1 cm³/mol. The summed E-state index contributed by atoms with van der Waals surface area (Å²) in [5.74, 6) is -1.08. The van der Waals surface area contributed by atoms with Crippen LogP contribution in [-0.4, -0.2) is 38.1 Å². The van der Waals surface area contributed by atoms with E-state index < -0.39 is 5.97 Å².